The first-order chi connectivity index (χ1) is 16.7. The second-order valence-electron chi connectivity index (χ2n) is 10.0. The van der Waals surface area contributed by atoms with E-state index in [0.717, 1.165) is 22.3 Å². The van der Waals surface area contributed by atoms with Crippen molar-refractivity contribution in [1.29, 1.82) is 0 Å². The molecule has 2 N–H and O–H groups in total. The van der Waals surface area contributed by atoms with Crippen LogP contribution in [0.3, 0.4) is 0 Å². The predicted octanol–water partition coefficient (Wildman–Crippen LogP) is 3.64. The molecular weight excluding hydrogens is 448 g/mol. The molecule has 0 bridgehead atoms. The highest BCUT2D eigenvalue weighted by molar-refractivity contribution is 5.86. The molecule has 186 valence electrons. The van der Waals surface area contributed by atoms with Gasteiger partial charge >= 0.3 is 12.1 Å². The van der Waals surface area contributed by atoms with Crippen LogP contribution in [0, 0.1) is 5.92 Å². The van der Waals surface area contributed by atoms with Crippen LogP contribution in [0.5, 0.6) is 0 Å². The first kappa shape index (κ1) is 24.7. The van der Waals surface area contributed by atoms with Crippen LogP contribution in [-0.2, 0) is 19.1 Å². The summed E-state index contributed by atoms with van der Waals surface area (Å²) in [6.45, 7) is 5.73. The molecule has 2 aromatic rings. The maximum atomic E-state index is 13.1. The van der Waals surface area contributed by atoms with Crippen LogP contribution in [0.1, 0.15) is 44.2 Å². The Morgan fingerprint density at radius 3 is 2.23 bits per heavy atom. The quantitative estimate of drug-likeness (QED) is 0.627. The van der Waals surface area contributed by atoms with Crippen LogP contribution in [-0.4, -0.2) is 65.9 Å². The van der Waals surface area contributed by atoms with E-state index in [1.54, 1.807) is 20.8 Å². The molecule has 4 rings (SSSR count). The van der Waals surface area contributed by atoms with E-state index in [9.17, 15) is 19.5 Å². The van der Waals surface area contributed by atoms with Crippen LogP contribution in [0.2, 0.25) is 0 Å². The second kappa shape index (κ2) is 10.1. The van der Waals surface area contributed by atoms with E-state index in [0.29, 0.717) is 13.0 Å². The third kappa shape index (κ3) is 5.32. The number of aliphatic carboxylic acids is 1. The number of carbonyl (C=O) groups excluding carboxylic acids is 2. The van der Waals surface area contributed by atoms with E-state index in [1.165, 1.54) is 4.90 Å². The molecule has 1 aliphatic heterocycles. The third-order valence-electron chi connectivity index (χ3n) is 6.68. The van der Waals surface area contributed by atoms with Crippen LogP contribution >= 0.6 is 0 Å². The van der Waals surface area contributed by atoms with Crippen molar-refractivity contribution in [2.24, 2.45) is 5.92 Å². The number of hydrogen-bond donors (Lipinski definition) is 2. The molecule has 1 fully saturated rings. The fraction of sp³-hybridized carbons (Fsp3) is 0.444. The Labute approximate surface area is 205 Å². The number of fused-ring (bicyclic) bond motifs is 3. The molecular formula is C27H32N2O6. The van der Waals surface area contributed by atoms with Crippen molar-refractivity contribution in [2.45, 2.75) is 44.8 Å². The minimum atomic E-state index is -1.08. The number of benzene rings is 2. The molecule has 1 saturated heterocycles. The fourth-order valence-electron chi connectivity index (χ4n) is 4.91. The smallest absolute Gasteiger partial charge is 0.407 e. The van der Waals surface area contributed by atoms with Crippen molar-refractivity contribution in [2.75, 3.05) is 26.3 Å². The van der Waals surface area contributed by atoms with Gasteiger partial charge in [-0.15, -0.1) is 0 Å². The lowest BCUT2D eigenvalue weighted by atomic mass is 9.97. The largest absolute Gasteiger partial charge is 0.480 e. The van der Waals surface area contributed by atoms with E-state index >= 15 is 0 Å². The minimum absolute atomic E-state index is 0.0337. The van der Waals surface area contributed by atoms with Crippen molar-refractivity contribution in [3.05, 3.63) is 59.7 Å². The van der Waals surface area contributed by atoms with Crippen molar-refractivity contribution < 1.29 is 29.0 Å². The van der Waals surface area contributed by atoms with Gasteiger partial charge in [0, 0.05) is 30.5 Å². The number of nitrogens with zero attached hydrogens (tertiary/aromatic N) is 1. The van der Waals surface area contributed by atoms with Gasteiger partial charge in [0.15, 0.2) is 0 Å². The predicted molar refractivity (Wildman–Crippen MR) is 130 cm³/mol. The van der Waals surface area contributed by atoms with Crippen LogP contribution in [0.15, 0.2) is 48.5 Å². The van der Waals surface area contributed by atoms with E-state index in [-0.39, 0.29) is 30.9 Å². The van der Waals surface area contributed by atoms with Crippen LogP contribution < -0.4 is 5.32 Å². The highest BCUT2D eigenvalue weighted by Gasteiger charge is 2.41. The zero-order chi connectivity index (χ0) is 25.2. The van der Waals surface area contributed by atoms with Gasteiger partial charge < -0.3 is 24.8 Å². The Kier molecular flexibility index (Phi) is 7.12. The van der Waals surface area contributed by atoms with Gasteiger partial charge in [-0.05, 0) is 49.4 Å². The Morgan fingerprint density at radius 2 is 1.66 bits per heavy atom. The highest BCUT2D eigenvalue weighted by Crippen LogP contribution is 2.44. The molecule has 1 heterocycles. The van der Waals surface area contributed by atoms with E-state index in [2.05, 4.69) is 29.6 Å². The topological polar surface area (TPSA) is 105 Å². The van der Waals surface area contributed by atoms with Crippen molar-refractivity contribution in [3.8, 4) is 11.1 Å². The lowest BCUT2D eigenvalue weighted by Gasteiger charge is -2.36. The number of carboxylic acid groups (broad SMARTS) is 1. The van der Waals surface area contributed by atoms with E-state index in [1.807, 2.05) is 24.3 Å². The zero-order valence-corrected chi connectivity index (χ0v) is 20.3. The first-order valence-corrected chi connectivity index (χ1v) is 11.9. The average Bonchev–Trinajstić information content (AvgIpc) is 3.41. The fourth-order valence-corrected chi connectivity index (χ4v) is 4.91. The number of carboxylic acids is 1. The third-order valence-corrected chi connectivity index (χ3v) is 6.68. The maximum absolute atomic E-state index is 13.1. The summed E-state index contributed by atoms with van der Waals surface area (Å²) in [6, 6.07) is 16.3. The second-order valence-corrected chi connectivity index (χ2v) is 10.0. The minimum Gasteiger partial charge on any atom is -0.480 e. The molecule has 0 spiro atoms. The lowest BCUT2D eigenvalue weighted by molar-refractivity contribution is -0.155. The standard InChI is InChI=1S/C27H32N2O6/c1-27(2,3)29(15-23(30)31)25(32)24-17(12-13-34-24)14-28-26(33)35-16-22-20-10-6-4-8-18(20)19-9-5-7-11-21(19)22/h4-11,17,22,24H,12-16H2,1-3H3,(H,28,33)(H,30,31). The molecule has 2 unspecified atom stereocenters. The molecule has 2 amide bonds. The van der Waals surface area contributed by atoms with Gasteiger partial charge in [0.25, 0.3) is 5.91 Å². The molecule has 2 aliphatic rings. The Morgan fingerprint density at radius 1 is 1.06 bits per heavy atom. The Hall–Kier alpha value is -3.39. The molecule has 35 heavy (non-hydrogen) atoms. The summed E-state index contributed by atoms with van der Waals surface area (Å²) in [5, 5.41) is 12.0. The molecule has 0 radical (unpaired) electrons. The van der Waals surface area contributed by atoms with Crippen molar-refractivity contribution >= 4 is 18.0 Å². The summed E-state index contributed by atoms with van der Waals surface area (Å²) < 4.78 is 11.2. The van der Waals surface area contributed by atoms with Gasteiger partial charge in [0.05, 0.1) is 0 Å². The summed E-state index contributed by atoms with van der Waals surface area (Å²) >= 11 is 0. The maximum Gasteiger partial charge on any atom is 0.407 e. The summed E-state index contributed by atoms with van der Waals surface area (Å²) in [6.07, 6.45) is -0.767. The Balaban J connectivity index is 1.35. The van der Waals surface area contributed by atoms with Gasteiger partial charge in [-0.1, -0.05) is 48.5 Å². The summed E-state index contributed by atoms with van der Waals surface area (Å²) in [7, 11) is 0. The van der Waals surface area contributed by atoms with Gasteiger partial charge in [-0.25, -0.2) is 4.79 Å². The number of carbonyl (C=O) groups is 3. The summed E-state index contributed by atoms with van der Waals surface area (Å²) in [5.41, 5.74) is 3.92. The monoisotopic (exact) mass is 480 g/mol. The zero-order valence-electron chi connectivity index (χ0n) is 20.3. The highest BCUT2D eigenvalue weighted by atomic mass is 16.5. The SMILES string of the molecule is CC(C)(C)N(CC(=O)O)C(=O)C1OCCC1CNC(=O)OCC1c2ccccc2-c2ccccc21. The van der Waals surface area contributed by atoms with Gasteiger partial charge in [0.2, 0.25) is 0 Å². The molecule has 0 aromatic heterocycles. The summed E-state index contributed by atoms with van der Waals surface area (Å²) in [5.74, 6) is -1.76. The number of amides is 2. The molecule has 0 saturated carbocycles. The number of hydrogen-bond acceptors (Lipinski definition) is 5. The van der Waals surface area contributed by atoms with Gasteiger partial charge in [0.1, 0.15) is 19.3 Å². The molecule has 1 aliphatic carbocycles. The normalized spacial score (nSPS) is 19.1. The number of nitrogens with one attached hydrogen (secondary N) is 1. The van der Waals surface area contributed by atoms with E-state index < -0.39 is 30.3 Å². The average molecular weight is 481 g/mol. The summed E-state index contributed by atoms with van der Waals surface area (Å²) in [4.78, 5) is 38.3. The van der Waals surface area contributed by atoms with Crippen LogP contribution in [0.25, 0.3) is 11.1 Å². The number of alkyl carbamates (subject to hydrolysis) is 1. The number of ether oxygens (including phenoxy) is 2. The molecule has 8 nitrogen and oxygen atoms in total. The Bertz CT molecular complexity index is 1060. The molecule has 2 atom stereocenters. The van der Waals surface area contributed by atoms with Crippen LogP contribution in [0.4, 0.5) is 4.79 Å². The number of rotatable bonds is 7. The molecule has 2 aromatic carbocycles. The van der Waals surface area contributed by atoms with Gasteiger partial charge in [-0.3, -0.25) is 9.59 Å². The van der Waals surface area contributed by atoms with E-state index in [4.69, 9.17) is 9.47 Å². The lowest BCUT2D eigenvalue weighted by Crippen LogP contribution is -2.53. The van der Waals surface area contributed by atoms with Crippen molar-refractivity contribution in [1.82, 2.24) is 10.2 Å². The molecule has 8 heteroatoms. The first-order valence-electron chi connectivity index (χ1n) is 11.9. The van der Waals surface area contributed by atoms with Gasteiger partial charge in [-0.2, -0.15) is 0 Å². The van der Waals surface area contributed by atoms with Crippen molar-refractivity contribution in [3.63, 3.8) is 0 Å².